The molecule has 2 heteroatoms. The van der Waals surface area contributed by atoms with Gasteiger partial charge in [-0.2, -0.15) is 0 Å². The third-order valence-corrected chi connectivity index (χ3v) is 4.59. The number of hydrogen-bond donors (Lipinski definition) is 2. The van der Waals surface area contributed by atoms with E-state index in [1.165, 1.54) is 16.8 Å². The van der Waals surface area contributed by atoms with Crippen LogP contribution in [-0.4, -0.2) is 13.1 Å². The molecule has 1 aliphatic rings. The number of benzene rings is 2. The Hall–Kier alpha value is -2.74. The second-order valence-corrected chi connectivity index (χ2v) is 6.66. The summed E-state index contributed by atoms with van der Waals surface area (Å²) in [7, 11) is 0. The van der Waals surface area contributed by atoms with Crippen LogP contribution in [0.15, 0.2) is 73.3 Å². The predicted molar refractivity (Wildman–Crippen MR) is 121 cm³/mol. The molecule has 1 unspecified atom stereocenters. The summed E-state index contributed by atoms with van der Waals surface area (Å²) in [5.74, 6) is 0.575. The van der Waals surface area contributed by atoms with Crippen molar-refractivity contribution in [2.75, 3.05) is 18.4 Å². The zero-order chi connectivity index (χ0) is 19.6. The molecule has 1 heterocycles. The smallest absolute Gasteiger partial charge is 0.0376 e. The van der Waals surface area contributed by atoms with E-state index < -0.39 is 0 Å². The Morgan fingerprint density at radius 2 is 1.81 bits per heavy atom. The van der Waals surface area contributed by atoms with E-state index in [0.29, 0.717) is 5.92 Å². The molecular weight excluding hydrogens is 328 g/mol. The lowest BCUT2D eigenvalue weighted by Crippen LogP contribution is -2.16. The van der Waals surface area contributed by atoms with Crippen molar-refractivity contribution in [2.45, 2.75) is 33.1 Å². The maximum Gasteiger partial charge on any atom is 0.0376 e. The lowest BCUT2D eigenvalue weighted by molar-refractivity contribution is 0.653. The summed E-state index contributed by atoms with van der Waals surface area (Å²) in [6, 6.07) is 17.0. The quantitative estimate of drug-likeness (QED) is 0.554. The van der Waals surface area contributed by atoms with E-state index in [4.69, 9.17) is 0 Å². The fraction of sp³-hybridized carbons (Fsp3) is 0.280. The molecule has 142 valence electrons. The third-order valence-electron chi connectivity index (χ3n) is 4.59. The van der Waals surface area contributed by atoms with Crippen molar-refractivity contribution >= 4 is 17.5 Å². The summed E-state index contributed by atoms with van der Waals surface area (Å²) in [6.07, 6.45) is 5.20. The molecule has 0 saturated heterocycles. The van der Waals surface area contributed by atoms with Gasteiger partial charge in [-0.25, -0.2) is 0 Å². The van der Waals surface area contributed by atoms with Gasteiger partial charge < -0.3 is 10.6 Å². The molecule has 2 aromatic carbocycles. The number of para-hydroxylation sites is 1. The van der Waals surface area contributed by atoms with Gasteiger partial charge in [0.1, 0.15) is 0 Å². The minimum absolute atomic E-state index is 0.575. The molecule has 2 aromatic rings. The topological polar surface area (TPSA) is 24.1 Å². The zero-order valence-electron chi connectivity index (χ0n) is 16.9. The van der Waals surface area contributed by atoms with E-state index in [1.807, 2.05) is 26.8 Å². The first kappa shape index (κ1) is 20.6. The molecular formula is C25H32N2. The van der Waals surface area contributed by atoms with E-state index in [-0.39, 0.29) is 0 Å². The molecule has 1 atom stereocenters. The average Bonchev–Trinajstić information content (AvgIpc) is 3.11. The molecule has 3 rings (SSSR count). The van der Waals surface area contributed by atoms with Crippen LogP contribution in [0.5, 0.6) is 0 Å². The zero-order valence-corrected chi connectivity index (χ0v) is 16.9. The van der Waals surface area contributed by atoms with Crippen molar-refractivity contribution < 1.29 is 0 Å². The van der Waals surface area contributed by atoms with Gasteiger partial charge in [-0.15, -0.1) is 0 Å². The van der Waals surface area contributed by atoms with E-state index in [1.54, 1.807) is 0 Å². The van der Waals surface area contributed by atoms with Crippen molar-refractivity contribution in [3.05, 3.63) is 90.0 Å². The molecule has 0 spiro atoms. The van der Waals surface area contributed by atoms with Gasteiger partial charge >= 0.3 is 0 Å². The van der Waals surface area contributed by atoms with Crippen LogP contribution in [0.4, 0.5) is 5.69 Å². The minimum Gasteiger partial charge on any atom is -0.385 e. The lowest BCUT2D eigenvalue weighted by Gasteiger charge is -2.14. The van der Waals surface area contributed by atoms with Crippen LogP contribution >= 0.6 is 0 Å². The number of nitrogens with one attached hydrogen (secondary N) is 2. The van der Waals surface area contributed by atoms with Crippen LogP contribution in [0.25, 0.3) is 11.8 Å². The first-order valence-corrected chi connectivity index (χ1v) is 9.83. The fourth-order valence-electron chi connectivity index (χ4n) is 3.15. The number of anilines is 1. The van der Waals surface area contributed by atoms with Crippen LogP contribution in [-0.2, 0) is 0 Å². The molecule has 0 aliphatic carbocycles. The maximum absolute atomic E-state index is 4.18. The first-order valence-electron chi connectivity index (χ1n) is 9.83. The van der Waals surface area contributed by atoms with Gasteiger partial charge in [0.15, 0.2) is 0 Å². The third kappa shape index (κ3) is 5.89. The molecule has 0 saturated carbocycles. The van der Waals surface area contributed by atoms with Crippen LogP contribution < -0.4 is 10.6 Å². The molecule has 2 nitrogen and oxygen atoms in total. The van der Waals surface area contributed by atoms with Gasteiger partial charge in [0.25, 0.3) is 0 Å². The molecule has 2 N–H and O–H groups in total. The van der Waals surface area contributed by atoms with E-state index >= 15 is 0 Å². The maximum atomic E-state index is 4.18. The van der Waals surface area contributed by atoms with Gasteiger partial charge in [0.2, 0.25) is 0 Å². The van der Waals surface area contributed by atoms with E-state index in [2.05, 4.69) is 78.4 Å². The van der Waals surface area contributed by atoms with Crippen LogP contribution in [0, 0.1) is 0 Å². The van der Waals surface area contributed by atoms with Crippen molar-refractivity contribution in [3.63, 3.8) is 0 Å². The molecule has 0 aromatic heterocycles. The molecule has 0 bridgehead atoms. The van der Waals surface area contributed by atoms with Crippen LogP contribution in [0.2, 0.25) is 0 Å². The monoisotopic (exact) mass is 360 g/mol. The highest BCUT2D eigenvalue weighted by Gasteiger charge is 2.20. The summed E-state index contributed by atoms with van der Waals surface area (Å²) in [5.41, 5.74) is 7.06. The van der Waals surface area contributed by atoms with Gasteiger partial charge in [-0.3, -0.25) is 0 Å². The standard InChI is InChI=1S/C23H26N2.C2H6/c1-17(2)8-9-19-10-12-20(13-11-19)18(3)24-15-14-21-16-25-23-7-5-4-6-22(21)23;1-2/h4-13,21,24-25H,1,3,14-16H2,2H3;1-2H3/b9-8+;. The largest absolute Gasteiger partial charge is 0.385 e. The minimum atomic E-state index is 0.575. The van der Waals surface area contributed by atoms with Crippen molar-refractivity contribution in [3.8, 4) is 0 Å². The average molecular weight is 361 g/mol. The van der Waals surface area contributed by atoms with Crippen LogP contribution in [0.3, 0.4) is 0 Å². The second kappa shape index (κ2) is 10.4. The Balaban J connectivity index is 0.00000126. The summed E-state index contributed by atoms with van der Waals surface area (Å²) in [4.78, 5) is 0. The number of rotatable bonds is 7. The van der Waals surface area contributed by atoms with E-state index in [9.17, 15) is 0 Å². The van der Waals surface area contributed by atoms with Crippen molar-refractivity contribution in [1.82, 2.24) is 5.32 Å². The summed E-state index contributed by atoms with van der Waals surface area (Å²) in [6.45, 7) is 16.0. The predicted octanol–water partition coefficient (Wildman–Crippen LogP) is 6.46. The Bertz CT molecular complexity index is 784. The molecule has 27 heavy (non-hydrogen) atoms. The number of hydrogen-bond acceptors (Lipinski definition) is 2. The highest BCUT2D eigenvalue weighted by atomic mass is 14.9. The summed E-state index contributed by atoms with van der Waals surface area (Å²) in [5, 5.41) is 6.96. The SMILES string of the molecule is C=C(C)/C=C/c1ccc(C(=C)NCCC2CNc3ccccc32)cc1.CC. The Labute approximate surface area is 164 Å². The van der Waals surface area contributed by atoms with Crippen LogP contribution in [0.1, 0.15) is 49.8 Å². The second-order valence-electron chi connectivity index (χ2n) is 6.66. The van der Waals surface area contributed by atoms with Gasteiger partial charge in [0, 0.05) is 30.4 Å². The van der Waals surface area contributed by atoms with Crippen molar-refractivity contribution in [1.29, 1.82) is 0 Å². The molecule has 0 radical (unpaired) electrons. The summed E-state index contributed by atoms with van der Waals surface area (Å²) >= 11 is 0. The Morgan fingerprint density at radius 3 is 2.52 bits per heavy atom. The highest BCUT2D eigenvalue weighted by molar-refractivity contribution is 5.64. The molecule has 0 amide bonds. The first-order chi connectivity index (χ1) is 13.1. The number of fused-ring (bicyclic) bond motifs is 1. The molecule has 1 aliphatic heterocycles. The fourth-order valence-corrected chi connectivity index (χ4v) is 3.15. The number of allylic oxidation sites excluding steroid dienone is 2. The van der Waals surface area contributed by atoms with Crippen molar-refractivity contribution in [2.24, 2.45) is 0 Å². The normalized spacial score (nSPS) is 14.7. The summed E-state index contributed by atoms with van der Waals surface area (Å²) < 4.78 is 0. The van der Waals surface area contributed by atoms with Gasteiger partial charge in [-0.05, 0) is 36.1 Å². The highest BCUT2D eigenvalue weighted by Crippen LogP contribution is 2.32. The molecule has 0 fully saturated rings. The van der Waals surface area contributed by atoms with Gasteiger partial charge in [-0.1, -0.05) is 87.2 Å². The van der Waals surface area contributed by atoms with Gasteiger partial charge in [0.05, 0.1) is 0 Å². The Morgan fingerprint density at radius 1 is 1.11 bits per heavy atom. The van der Waals surface area contributed by atoms with E-state index in [0.717, 1.165) is 36.3 Å². The lowest BCUT2D eigenvalue weighted by atomic mass is 9.98. The Kier molecular flexibility index (Phi) is 7.94.